The lowest BCUT2D eigenvalue weighted by Gasteiger charge is -2.27. The normalized spacial score (nSPS) is 17.1. The van der Waals surface area contributed by atoms with E-state index in [-0.39, 0.29) is 17.7 Å². The molecule has 3 amide bonds. The number of amides is 3. The van der Waals surface area contributed by atoms with Gasteiger partial charge in [0.25, 0.3) is 0 Å². The molecule has 6 nitrogen and oxygen atoms in total. The van der Waals surface area contributed by atoms with Crippen molar-refractivity contribution in [2.75, 3.05) is 11.9 Å². The highest BCUT2D eigenvalue weighted by Crippen LogP contribution is 2.33. The summed E-state index contributed by atoms with van der Waals surface area (Å²) in [7, 11) is -0.730. The monoisotopic (exact) mass is 537 g/mol. The van der Waals surface area contributed by atoms with Crippen LogP contribution >= 0.6 is 7.92 Å². The highest BCUT2D eigenvalue weighted by molar-refractivity contribution is 7.79. The maximum absolute atomic E-state index is 13.2. The summed E-state index contributed by atoms with van der Waals surface area (Å²) >= 11 is 0. The van der Waals surface area contributed by atoms with Crippen LogP contribution in [0.1, 0.15) is 26.2 Å². The quantitative estimate of drug-likeness (QED) is 0.430. The van der Waals surface area contributed by atoms with Gasteiger partial charge in [0, 0.05) is 17.8 Å². The first-order valence-corrected chi connectivity index (χ1v) is 14.6. The molecule has 0 saturated carbocycles. The van der Waals surface area contributed by atoms with Crippen molar-refractivity contribution in [3.63, 3.8) is 0 Å². The van der Waals surface area contributed by atoms with Gasteiger partial charge in [-0.05, 0) is 62.2 Å². The summed E-state index contributed by atoms with van der Waals surface area (Å²) in [5.74, 6) is -0.686. The summed E-state index contributed by atoms with van der Waals surface area (Å²) < 4.78 is 0. The van der Waals surface area contributed by atoms with Gasteiger partial charge in [-0.1, -0.05) is 91.0 Å². The summed E-state index contributed by atoms with van der Waals surface area (Å²) in [4.78, 5) is 40.4. The Bertz CT molecular complexity index is 1350. The van der Waals surface area contributed by atoms with Crippen molar-refractivity contribution >= 4 is 47.2 Å². The number of hydrogen-bond acceptors (Lipinski definition) is 3. The van der Waals surface area contributed by atoms with Crippen LogP contribution < -0.4 is 26.5 Å². The van der Waals surface area contributed by atoms with Gasteiger partial charge < -0.3 is 15.5 Å². The molecule has 198 valence electrons. The fraction of sp³-hybridized carbons (Fsp3) is 0.219. The average Bonchev–Trinajstić information content (AvgIpc) is 3.68. The van der Waals surface area contributed by atoms with Crippen LogP contribution in [-0.4, -0.2) is 41.2 Å². The van der Waals surface area contributed by atoms with E-state index in [9.17, 15) is 14.4 Å². The van der Waals surface area contributed by atoms with Gasteiger partial charge in [-0.2, -0.15) is 0 Å². The van der Waals surface area contributed by atoms with Crippen molar-refractivity contribution in [1.82, 2.24) is 10.2 Å². The molecule has 2 aliphatic rings. The summed E-state index contributed by atoms with van der Waals surface area (Å²) in [6.45, 7) is 2.17. The zero-order valence-electron chi connectivity index (χ0n) is 21.9. The summed E-state index contributed by atoms with van der Waals surface area (Å²) in [5, 5.41) is 9.50. The van der Waals surface area contributed by atoms with Gasteiger partial charge in [-0.15, -0.1) is 0 Å². The van der Waals surface area contributed by atoms with Crippen LogP contribution in [0.2, 0.25) is 0 Å². The van der Waals surface area contributed by atoms with Crippen LogP contribution in [0.25, 0.3) is 0 Å². The number of nitrogens with zero attached hydrogens (tertiary/aromatic N) is 1. The van der Waals surface area contributed by atoms with E-state index in [4.69, 9.17) is 0 Å². The molecular formula is C32H32N3O3P. The van der Waals surface area contributed by atoms with Gasteiger partial charge >= 0.3 is 0 Å². The largest absolute Gasteiger partial charge is 0.341 e. The van der Waals surface area contributed by atoms with Crippen molar-refractivity contribution in [2.45, 2.75) is 38.3 Å². The molecule has 1 heterocycles. The summed E-state index contributed by atoms with van der Waals surface area (Å²) in [5.41, 5.74) is 1.33. The minimum Gasteiger partial charge on any atom is -0.341 e. The SMILES string of the molecule is C[C@H](NC(=O)C1=CC=CC1)C(=O)N1CCC[C@H]1C(=O)Nc1ccc(P(c2ccccc2)c2ccccc2)cc1. The van der Waals surface area contributed by atoms with Crippen molar-refractivity contribution in [3.8, 4) is 0 Å². The van der Waals surface area contributed by atoms with Crippen molar-refractivity contribution in [2.24, 2.45) is 0 Å². The van der Waals surface area contributed by atoms with Crippen LogP contribution in [-0.2, 0) is 14.4 Å². The lowest BCUT2D eigenvalue weighted by molar-refractivity contribution is -0.139. The highest BCUT2D eigenvalue weighted by Gasteiger charge is 2.36. The molecule has 2 atom stereocenters. The van der Waals surface area contributed by atoms with E-state index in [0.717, 1.165) is 6.42 Å². The van der Waals surface area contributed by atoms with Gasteiger partial charge in [-0.25, -0.2) is 0 Å². The number of likely N-dealkylation sites (tertiary alicyclic amines) is 1. The smallest absolute Gasteiger partial charge is 0.248 e. The van der Waals surface area contributed by atoms with E-state index in [1.807, 2.05) is 36.4 Å². The van der Waals surface area contributed by atoms with Crippen LogP contribution in [0.4, 0.5) is 5.69 Å². The van der Waals surface area contributed by atoms with Gasteiger partial charge in [0.05, 0.1) is 0 Å². The molecule has 39 heavy (non-hydrogen) atoms. The Balaban J connectivity index is 1.25. The molecule has 1 saturated heterocycles. The number of benzene rings is 3. The third-order valence-electron chi connectivity index (χ3n) is 7.04. The number of rotatable bonds is 8. The molecule has 0 spiro atoms. The van der Waals surface area contributed by atoms with Gasteiger partial charge in [0.1, 0.15) is 12.1 Å². The molecular weight excluding hydrogens is 505 g/mol. The minimum absolute atomic E-state index is 0.205. The second kappa shape index (κ2) is 12.2. The van der Waals surface area contributed by atoms with E-state index in [1.165, 1.54) is 15.9 Å². The van der Waals surface area contributed by atoms with Crippen LogP contribution in [0.3, 0.4) is 0 Å². The standard InChI is InChI=1S/C32H32N3O3P/c1-23(33-30(36)24-11-8-9-12-24)32(38)35-22-10-17-29(35)31(37)34-25-18-20-28(21-19-25)39(26-13-4-2-5-14-26)27-15-6-3-7-16-27/h2-9,11,13-16,18-21,23,29H,10,12,17,22H2,1H3,(H,33,36)(H,34,37)/t23-,29-/m0/s1. The van der Waals surface area contributed by atoms with E-state index >= 15 is 0 Å². The third-order valence-corrected chi connectivity index (χ3v) is 9.48. The highest BCUT2D eigenvalue weighted by atomic mass is 31.1. The Morgan fingerprint density at radius 1 is 0.872 bits per heavy atom. The van der Waals surface area contributed by atoms with E-state index in [2.05, 4.69) is 71.3 Å². The number of hydrogen-bond donors (Lipinski definition) is 2. The molecule has 0 bridgehead atoms. The van der Waals surface area contributed by atoms with Crippen molar-refractivity contribution in [3.05, 3.63) is 109 Å². The molecule has 7 heteroatoms. The van der Waals surface area contributed by atoms with Gasteiger partial charge in [-0.3, -0.25) is 14.4 Å². The van der Waals surface area contributed by atoms with E-state index < -0.39 is 20.0 Å². The molecule has 1 fully saturated rings. The minimum atomic E-state index is -0.730. The fourth-order valence-electron chi connectivity index (χ4n) is 5.04. The zero-order valence-corrected chi connectivity index (χ0v) is 22.8. The average molecular weight is 538 g/mol. The molecule has 3 aromatic carbocycles. The molecule has 5 rings (SSSR count). The molecule has 1 aliphatic carbocycles. The Hall–Kier alpha value is -4.02. The Kier molecular flexibility index (Phi) is 8.33. The van der Waals surface area contributed by atoms with Crippen LogP contribution in [0.5, 0.6) is 0 Å². The third kappa shape index (κ3) is 6.18. The Labute approximate surface area is 230 Å². The van der Waals surface area contributed by atoms with Gasteiger partial charge in [0.15, 0.2) is 0 Å². The first kappa shape index (κ1) is 26.6. The number of anilines is 1. The lowest BCUT2D eigenvalue weighted by atomic mass is 10.1. The first-order valence-electron chi connectivity index (χ1n) is 13.3. The number of carbonyl (C=O) groups is 3. The topological polar surface area (TPSA) is 78.5 Å². The second-order valence-electron chi connectivity index (χ2n) is 9.75. The first-order chi connectivity index (χ1) is 19.0. The molecule has 0 radical (unpaired) electrons. The Morgan fingerprint density at radius 2 is 1.49 bits per heavy atom. The van der Waals surface area contributed by atoms with Crippen LogP contribution in [0, 0.1) is 0 Å². The molecule has 3 aromatic rings. The molecule has 0 aromatic heterocycles. The Morgan fingerprint density at radius 3 is 2.08 bits per heavy atom. The van der Waals surface area contributed by atoms with Crippen LogP contribution in [0.15, 0.2) is 109 Å². The van der Waals surface area contributed by atoms with Crippen molar-refractivity contribution in [1.29, 1.82) is 0 Å². The molecule has 2 N–H and O–H groups in total. The number of carbonyl (C=O) groups excluding carboxylic acids is 3. The molecule has 0 unspecified atom stereocenters. The van der Waals surface area contributed by atoms with Crippen molar-refractivity contribution < 1.29 is 14.4 Å². The zero-order chi connectivity index (χ0) is 27.2. The summed E-state index contributed by atoms with van der Waals surface area (Å²) in [6.07, 6.45) is 7.40. The maximum atomic E-state index is 13.2. The lowest BCUT2D eigenvalue weighted by Crippen LogP contribution is -2.51. The maximum Gasteiger partial charge on any atom is 0.248 e. The fourth-order valence-corrected chi connectivity index (χ4v) is 7.32. The van der Waals surface area contributed by atoms with E-state index in [1.54, 1.807) is 17.9 Å². The predicted molar refractivity (Wildman–Crippen MR) is 158 cm³/mol. The predicted octanol–water partition coefficient (Wildman–Crippen LogP) is 3.77. The number of nitrogens with one attached hydrogen (secondary N) is 2. The summed E-state index contributed by atoms with van der Waals surface area (Å²) in [6, 6.07) is 27.7. The second-order valence-corrected chi connectivity index (χ2v) is 12.0. The molecule has 1 aliphatic heterocycles. The van der Waals surface area contributed by atoms with E-state index in [0.29, 0.717) is 30.6 Å². The van der Waals surface area contributed by atoms with Gasteiger partial charge in [0.2, 0.25) is 17.7 Å². The number of allylic oxidation sites excluding steroid dienone is 3.